The van der Waals surface area contributed by atoms with E-state index in [-0.39, 0.29) is 12.3 Å². The van der Waals surface area contributed by atoms with Crippen molar-refractivity contribution in [1.82, 2.24) is 9.99 Å². The van der Waals surface area contributed by atoms with Gasteiger partial charge in [0.25, 0.3) is 0 Å². The molecule has 0 atom stereocenters. The van der Waals surface area contributed by atoms with Crippen molar-refractivity contribution < 1.29 is 14.3 Å². The Morgan fingerprint density at radius 2 is 2.13 bits per heavy atom. The van der Waals surface area contributed by atoms with Crippen LogP contribution >= 0.6 is 0 Å². The summed E-state index contributed by atoms with van der Waals surface area (Å²) in [6.45, 7) is 5.77. The number of hydrogen-bond donors (Lipinski definition) is 1. The summed E-state index contributed by atoms with van der Waals surface area (Å²) in [5.41, 5.74) is 4.67. The largest absolute Gasteiger partial charge is 0.347 e. The first-order valence-electron chi connectivity index (χ1n) is 7.79. The summed E-state index contributed by atoms with van der Waals surface area (Å²) in [5, 5.41) is 5.18. The summed E-state index contributed by atoms with van der Waals surface area (Å²) in [7, 11) is 0. The SMILES string of the molecule is CCn1cc(/C=N\NC(=O)CC2(C)OCCO2)c2ccccc21. The molecule has 1 aliphatic heterocycles. The topological polar surface area (TPSA) is 64.9 Å². The monoisotopic (exact) mass is 315 g/mol. The molecule has 0 saturated carbocycles. The zero-order chi connectivity index (χ0) is 16.3. The van der Waals surface area contributed by atoms with Crippen LogP contribution in [0.1, 0.15) is 25.8 Å². The van der Waals surface area contributed by atoms with Gasteiger partial charge >= 0.3 is 0 Å². The molecule has 1 amide bonds. The Labute approximate surface area is 135 Å². The normalized spacial score (nSPS) is 17.1. The van der Waals surface area contributed by atoms with Crippen LogP contribution in [0.2, 0.25) is 0 Å². The molecule has 0 spiro atoms. The summed E-state index contributed by atoms with van der Waals surface area (Å²) >= 11 is 0. The van der Waals surface area contributed by atoms with Gasteiger partial charge in [-0.05, 0) is 19.9 Å². The quantitative estimate of drug-likeness (QED) is 0.680. The van der Waals surface area contributed by atoms with Crippen molar-refractivity contribution >= 4 is 23.0 Å². The molecule has 0 radical (unpaired) electrons. The summed E-state index contributed by atoms with van der Waals surface area (Å²) in [4.78, 5) is 11.9. The maximum absolute atomic E-state index is 11.9. The van der Waals surface area contributed by atoms with Crippen LogP contribution in [-0.4, -0.2) is 35.7 Å². The van der Waals surface area contributed by atoms with E-state index < -0.39 is 5.79 Å². The zero-order valence-electron chi connectivity index (χ0n) is 13.4. The van der Waals surface area contributed by atoms with Gasteiger partial charge in [0.15, 0.2) is 5.79 Å². The van der Waals surface area contributed by atoms with Crippen molar-refractivity contribution in [1.29, 1.82) is 0 Å². The second-order valence-corrected chi connectivity index (χ2v) is 5.69. The average Bonchev–Trinajstić information content (AvgIpc) is 3.11. The molecular weight excluding hydrogens is 294 g/mol. The fourth-order valence-corrected chi connectivity index (χ4v) is 2.80. The smallest absolute Gasteiger partial charge is 0.245 e. The lowest BCUT2D eigenvalue weighted by molar-refractivity contribution is -0.159. The standard InChI is InChI=1S/C17H21N3O3/c1-3-20-12-13(14-6-4-5-7-15(14)20)11-18-19-16(21)10-17(2)22-8-9-23-17/h4-7,11-12H,3,8-10H2,1-2H3,(H,19,21)/b18-11-. The molecule has 1 aliphatic rings. The van der Waals surface area contributed by atoms with E-state index in [4.69, 9.17) is 9.47 Å². The van der Waals surface area contributed by atoms with Crippen molar-refractivity contribution in [3.05, 3.63) is 36.0 Å². The van der Waals surface area contributed by atoms with Gasteiger partial charge in [0.1, 0.15) is 0 Å². The highest BCUT2D eigenvalue weighted by molar-refractivity contribution is 5.99. The van der Waals surface area contributed by atoms with Gasteiger partial charge in [-0.25, -0.2) is 5.43 Å². The van der Waals surface area contributed by atoms with Crippen LogP contribution in [0.4, 0.5) is 0 Å². The Bertz CT molecular complexity index is 730. The molecule has 1 N–H and O–H groups in total. The molecule has 1 fully saturated rings. The predicted molar refractivity (Wildman–Crippen MR) is 88.3 cm³/mol. The van der Waals surface area contributed by atoms with Crippen LogP contribution in [0.3, 0.4) is 0 Å². The third kappa shape index (κ3) is 3.43. The Morgan fingerprint density at radius 3 is 2.87 bits per heavy atom. The second-order valence-electron chi connectivity index (χ2n) is 5.69. The number of aryl methyl sites for hydroxylation is 1. The summed E-state index contributed by atoms with van der Waals surface area (Å²) in [5.74, 6) is -1.07. The van der Waals surface area contributed by atoms with Crippen LogP contribution in [0.15, 0.2) is 35.6 Å². The fourth-order valence-electron chi connectivity index (χ4n) is 2.80. The Hall–Kier alpha value is -2.18. The van der Waals surface area contributed by atoms with Gasteiger partial charge in [-0.2, -0.15) is 5.10 Å². The number of nitrogens with one attached hydrogen (secondary N) is 1. The number of ether oxygens (including phenoxy) is 2. The van der Waals surface area contributed by atoms with Crippen LogP contribution < -0.4 is 5.43 Å². The minimum atomic E-state index is -0.835. The van der Waals surface area contributed by atoms with Gasteiger partial charge in [0.05, 0.1) is 25.8 Å². The first kappa shape index (κ1) is 15.7. The number of hydrazone groups is 1. The van der Waals surface area contributed by atoms with Crippen molar-refractivity contribution in [3.8, 4) is 0 Å². The highest BCUT2D eigenvalue weighted by Crippen LogP contribution is 2.22. The Balaban J connectivity index is 1.67. The van der Waals surface area contributed by atoms with Crippen LogP contribution in [-0.2, 0) is 20.8 Å². The van der Waals surface area contributed by atoms with Gasteiger partial charge in [0.2, 0.25) is 5.91 Å². The van der Waals surface area contributed by atoms with Crippen molar-refractivity contribution in [2.24, 2.45) is 5.10 Å². The Morgan fingerprint density at radius 1 is 1.39 bits per heavy atom. The first-order chi connectivity index (χ1) is 11.1. The first-order valence-corrected chi connectivity index (χ1v) is 7.79. The number of aromatic nitrogens is 1. The molecule has 122 valence electrons. The molecule has 0 aliphatic carbocycles. The van der Waals surface area contributed by atoms with Gasteiger partial charge < -0.3 is 14.0 Å². The van der Waals surface area contributed by atoms with Gasteiger partial charge in [-0.3, -0.25) is 4.79 Å². The van der Waals surface area contributed by atoms with E-state index in [1.165, 1.54) is 0 Å². The number of amides is 1. The predicted octanol–water partition coefficient (Wildman–Crippen LogP) is 2.26. The maximum Gasteiger partial charge on any atom is 0.245 e. The van der Waals surface area contributed by atoms with Gasteiger partial charge in [0, 0.05) is 29.2 Å². The molecule has 1 aromatic heterocycles. The molecular formula is C17H21N3O3. The number of rotatable bonds is 5. The minimum absolute atomic E-state index is 0.126. The van der Waals surface area contributed by atoms with E-state index in [0.29, 0.717) is 13.2 Å². The summed E-state index contributed by atoms with van der Waals surface area (Å²) in [6.07, 6.45) is 3.83. The van der Waals surface area contributed by atoms with E-state index in [1.54, 1.807) is 13.1 Å². The maximum atomic E-state index is 11.9. The lowest BCUT2D eigenvalue weighted by Crippen LogP contribution is -2.33. The van der Waals surface area contributed by atoms with E-state index in [9.17, 15) is 4.79 Å². The molecule has 6 heteroatoms. The van der Waals surface area contributed by atoms with Crippen LogP contribution in [0.25, 0.3) is 10.9 Å². The van der Waals surface area contributed by atoms with Crippen molar-refractivity contribution in [2.45, 2.75) is 32.6 Å². The van der Waals surface area contributed by atoms with E-state index in [2.05, 4.69) is 28.1 Å². The summed E-state index contributed by atoms with van der Waals surface area (Å²) < 4.78 is 13.0. The van der Waals surface area contributed by atoms with Crippen molar-refractivity contribution in [3.63, 3.8) is 0 Å². The number of carbonyl (C=O) groups excluding carboxylic acids is 1. The van der Waals surface area contributed by atoms with Crippen LogP contribution in [0.5, 0.6) is 0 Å². The third-order valence-corrected chi connectivity index (χ3v) is 3.93. The minimum Gasteiger partial charge on any atom is -0.347 e. The van der Waals surface area contributed by atoms with E-state index >= 15 is 0 Å². The van der Waals surface area contributed by atoms with E-state index in [1.807, 2.05) is 24.4 Å². The summed E-state index contributed by atoms with van der Waals surface area (Å²) in [6, 6.07) is 8.13. The second kappa shape index (κ2) is 6.52. The molecule has 3 rings (SSSR count). The number of hydrogen-bond acceptors (Lipinski definition) is 4. The molecule has 23 heavy (non-hydrogen) atoms. The van der Waals surface area contributed by atoms with E-state index in [0.717, 1.165) is 23.0 Å². The number of nitrogens with zero attached hydrogens (tertiary/aromatic N) is 2. The molecule has 0 bridgehead atoms. The number of carbonyl (C=O) groups is 1. The zero-order valence-corrected chi connectivity index (χ0v) is 13.4. The van der Waals surface area contributed by atoms with Gasteiger partial charge in [-0.1, -0.05) is 18.2 Å². The number of fused-ring (bicyclic) bond motifs is 1. The highest BCUT2D eigenvalue weighted by Gasteiger charge is 2.33. The van der Waals surface area contributed by atoms with Gasteiger partial charge in [-0.15, -0.1) is 0 Å². The number of benzene rings is 1. The fraction of sp³-hybridized carbons (Fsp3) is 0.412. The molecule has 1 aromatic carbocycles. The average molecular weight is 315 g/mol. The number of para-hydroxylation sites is 1. The Kier molecular flexibility index (Phi) is 4.45. The molecule has 0 unspecified atom stereocenters. The molecule has 1 saturated heterocycles. The third-order valence-electron chi connectivity index (χ3n) is 3.93. The lowest BCUT2D eigenvalue weighted by atomic mass is 10.2. The van der Waals surface area contributed by atoms with Crippen LogP contribution in [0, 0.1) is 0 Å². The molecule has 2 heterocycles. The highest BCUT2D eigenvalue weighted by atomic mass is 16.7. The molecule has 6 nitrogen and oxygen atoms in total. The lowest BCUT2D eigenvalue weighted by Gasteiger charge is -2.20. The van der Waals surface area contributed by atoms with Crippen molar-refractivity contribution in [2.75, 3.05) is 13.2 Å². The molecule has 2 aromatic rings.